The van der Waals surface area contributed by atoms with Gasteiger partial charge in [-0.25, -0.2) is 4.79 Å². The highest BCUT2D eigenvalue weighted by atomic mass is 16.4. The first-order valence-electron chi connectivity index (χ1n) is 3.39. The van der Waals surface area contributed by atoms with Crippen LogP contribution in [0.2, 0.25) is 0 Å². The van der Waals surface area contributed by atoms with E-state index >= 15 is 0 Å². The third-order valence-corrected chi connectivity index (χ3v) is 1.50. The van der Waals surface area contributed by atoms with Gasteiger partial charge in [0, 0.05) is 5.69 Å². The van der Waals surface area contributed by atoms with Gasteiger partial charge in [0.05, 0.1) is 5.56 Å². The van der Waals surface area contributed by atoms with Crippen molar-refractivity contribution in [3.8, 4) is 5.75 Å². The van der Waals surface area contributed by atoms with Crippen LogP contribution in [0, 0.1) is 0 Å². The Morgan fingerprint density at radius 1 is 1.31 bits per heavy atom. The molecule has 0 bridgehead atoms. The lowest BCUT2D eigenvalue weighted by Gasteiger charge is -2.02. The molecule has 5 heteroatoms. The fraction of sp³-hybridized carbons (Fsp3) is 0. The largest absolute Gasteiger partial charge is 0.507 e. The summed E-state index contributed by atoms with van der Waals surface area (Å²) in [7, 11) is 0. The SMILES string of the molecule is Nc1cccc(O)c1C(=O)C(=O)O. The number of benzene rings is 1. The second-order valence-electron chi connectivity index (χ2n) is 2.38. The molecule has 0 saturated carbocycles. The Labute approximate surface area is 73.4 Å². The van der Waals surface area contributed by atoms with Crippen molar-refractivity contribution in [1.82, 2.24) is 0 Å². The molecule has 0 aliphatic rings. The highest BCUT2D eigenvalue weighted by Crippen LogP contribution is 2.23. The predicted molar refractivity (Wildman–Crippen MR) is 44.5 cm³/mol. The van der Waals surface area contributed by atoms with E-state index in [9.17, 15) is 9.59 Å². The van der Waals surface area contributed by atoms with Crippen molar-refractivity contribution in [3.05, 3.63) is 23.8 Å². The molecule has 0 radical (unpaired) electrons. The Morgan fingerprint density at radius 2 is 1.92 bits per heavy atom. The van der Waals surface area contributed by atoms with Crippen LogP contribution < -0.4 is 5.73 Å². The molecule has 0 fully saturated rings. The number of hydrogen-bond acceptors (Lipinski definition) is 4. The van der Waals surface area contributed by atoms with E-state index in [2.05, 4.69) is 0 Å². The molecule has 68 valence electrons. The van der Waals surface area contributed by atoms with Crippen LogP contribution in [0.4, 0.5) is 5.69 Å². The van der Waals surface area contributed by atoms with Gasteiger partial charge in [0.15, 0.2) is 0 Å². The summed E-state index contributed by atoms with van der Waals surface area (Å²) in [6.45, 7) is 0. The van der Waals surface area contributed by atoms with Crippen LogP contribution in [0.5, 0.6) is 5.75 Å². The van der Waals surface area contributed by atoms with Crippen LogP contribution in [-0.2, 0) is 4.79 Å². The normalized spacial score (nSPS) is 9.54. The highest BCUT2D eigenvalue weighted by Gasteiger charge is 2.20. The fourth-order valence-electron chi connectivity index (χ4n) is 0.912. The molecule has 4 N–H and O–H groups in total. The van der Waals surface area contributed by atoms with Crippen molar-refractivity contribution in [1.29, 1.82) is 0 Å². The summed E-state index contributed by atoms with van der Waals surface area (Å²) in [5, 5.41) is 17.5. The number of carboxylic acids is 1. The first-order chi connectivity index (χ1) is 6.04. The van der Waals surface area contributed by atoms with Gasteiger partial charge in [-0.05, 0) is 12.1 Å². The van der Waals surface area contributed by atoms with E-state index in [4.69, 9.17) is 15.9 Å². The molecular formula is C8H7NO4. The minimum absolute atomic E-state index is 0.0487. The number of nitrogen functional groups attached to an aromatic ring is 1. The molecule has 1 aromatic rings. The average Bonchev–Trinajstić information content (AvgIpc) is 2.03. The lowest BCUT2D eigenvalue weighted by atomic mass is 10.1. The van der Waals surface area contributed by atoms with Gasteiger partial charge in [-0.3, -0.25) is 4.79 Å². The van der Waals surface area contributed by atoms with Crippen molar-refractivity contribution in [2.45, 2.75) is 0 Å². The van der Waals surface area contributed by atoms with Crippen molar-refractivity contribution >= 4 is 17.4 Å². The van der Waals surface area contributed by atoms with E-state index in [0.717, 1.165) is 0 Å². The van der Waals surface area contributed by atoms with E-state index in [1.807, 2.05) is 0 Å². The van der Waals surface area contributed by atoms with Crippen molar-refractivity contribution in [2.75, 3.05) is 5.73 Å². The van der Waals surface area contributed by atoms with E-state index in [1.54, 1.807) is 0 Å². The summed E-state index contributed by atoms with van der Waals surface area (Å²) >= 11 is 0. The Balaban J connectivity index is 3.28. The third-order valence-electron chi connectivity index (χ3n) is 1.50. The molecule has 0 heterocycles. The van der Waals surface area contributed by atoms with Gasteiger partial charge in [0.1, 0.15) is 5.75 Å². The number of carbonyl (C=O) groups is 2. The van der Waals surface area contributed by atoms with Crippen LogP contribution >= 0.6 is 0 Å². The molecule has 1 rings (SSSR count). The Bertz CT molecular complexity index is 352. The van der Waals surface area contributed by atoms with Gasteiger partial charge in [-0.15, -0.1) is 0 Å². The van der Waals surface area contributed by atoms with Crippen molar-refractivity contribution in [2.24, 2.45) is 0 Å². The molecule has 0 aromatic heterocycles. The summed E-state index contributed by atoms with van der Waals surface area (Å²) < 4.78 is 0. The average molecular weight is 181 g/mol. The lowest BCUT2D eigenvalue weighted by Crippen LogP contribution is -2.14. The molecule has 0 amide bonds. The zero-order valence-electron chi connectivity index (χ0n) is 6.52. The van der Waals surface area contributed by atoms with Gasteiger partial charge >= 0.3 is 5.97 Å². The molecule has 0 spiro atoms. The summed E-state index contributed by atoms with van der Waals surface area (Å²) in [6.07, 6.45) is 0. The minimum atomic E-state index is -1.65. The molecule has 0 aliphatic heterocycles. The van der Waals surface area contributed by atoms with Gasteiger partial charge in [0.2, 0.25) is 0 Å². The smallest absolute Gasteiger partial charge is 0.377 e. The number of nitrogens with two attached hydrogens (primary N) is 1. The molecule has 13 heavy (non-hydrogen) atoms. The Hall–Kier alpha value is -2.04. The summed E-state index contributed by atoms with van der Waals surface area (Å²) in [6, 6.07) is 3.96. The lowest BCUT2D eigenvalue weighted by molar-refractivity contribution is -0.131. The summed E-state index contributed by atoms with van der Waals surface area (Å²) in [5.74, 6) is -3.28. The van der Waals surface area contributed by atoms with Crippen LogP contribution in [0.25, 0.3) is 0 Å². The van der Waals surface area contributed by atoms with E-state index in [0.29, 0.717) is 0 Å². The van der Waals surface area contributed by atoms with Gasteiger partial charge in [-0.2, -0.15) is 0 Å². The number of anilines is 1. The third kappa shape index (κ3) is 1.58. The number of hydrogen-bond donors (Lipinski definition) is 3. The minimum Gasteiger partial charge on any atom is -0.507 e. The number of ketones is 1. The van der Waals surface area contributed by atoms with E-state index < -0.39 is 17.5 Å². The maximum Gasteiger partial charge on any atom is 0.377 e. The van der Waals surface area contributed by atoms with E-state index in [-0.39, 0.29) is 11.3 Å². The molecule has 0 saturated heterocycles. The van der Waals surface area contributed by atoms with Gasteiger partial charge in [-0.1, -0.05) is 6.07 Å². The molecular weight excluding hydrogens is 174 g/mol. The standard InChI is InChI=1S/C8H7NO4/c9-4-2-1-3-5(10)6(4)7(11)8(12)13/h1-3,10H,9H2,(H,12,13). The second kappa shape index (κ2) is 3.14. The topological polar surface area (TPSA) is 101 Å². The molecule has 1 aromatic carbocycles. The van der Waals surface area contributed by atoms with E-state index in [1.165, 1.54) is 18.2 Å². The van der Waals surface area contributed by atoms with Gasteiger partial charge in [0.25, 0.3) is 5.78 Å². The quantitative estimate of drug-likeness (QED) is 0.344. The van der Waals surface area contributed by atoms with Crippen LogP contribution in [-0.4, -0.2) is 22.0 Å². The zero-order valence-corrected chi connectivity index (χ0v) is 6.52. The second-order valence-corrected chi connectivity index (χ2v) is 2.38. The maximum absolute atomic E-state index is 10.9. The molecule has 0 unspecified atom stereocenters. The highest BCUT2D eigenvalue weighted by molar-refractivity contribution is 6.41. The zero-order chi connectivity index (χ0) is 10.0. The number of aliphatic carboxylic acids is 1. The molecule has 0 atom stereocenters. The first kappa shape index (κ1) is 9.05. The van der Waals surface area contributed by atoms with Crippen LogP contribution in [0.3, 0.4) is 0 Å². The first-order valence-corrected chi connectivity index (χ1v) is 3.39. The fourth-order valence-corrected chi connectivity index (χ4v) is 0.912. The van der Waals surface area contributed by atoms with Gasteiger partial charge < -0.3 is 15.9 Å². The monoisotopic (exact) mass is 181 g/mol. The predicted octanol–water partition coefficient (Wildman–Crippen LogP) is 0.242. The molecule has 0 aliphatic carbocycles. The number of carbonyl (C=O) groups excluding carboxylic acids is 1. The number of Topliss-reactive ketones (excluding diaryl/α,β-unsaturated/α-hetero) is 1. The number of phenolic OH excluding ortho intramolecular Hbond substituents is 1. The summed E-state index contributed by atoms with van der Waals surface area (Å²) in [5.41, 5.74) is 4.90. The van der Waals surface area contributed by atoms with Crippen molar-refractivity contribution in [3.63, 3.8) is 0 Å². The summed E-state index contributed by atoms with van der Waals surface area (Å²) in [4.78, 5) is 21.2. The Morgan fingerprint density at radius 3 is 2.38 bits per heavy atom. The Kier molecular flexibility index (Phi) is 2.19. The molecule has 5 nitrogen and oxygen atoms in total. The number of aromatic hydroxyl groups is 1. The number of carboxylic acid groups (broad SMARTS) is 1. The number of rotatable bonds is 2. The van der Waals surface area contributed by atoms with Crippen molar-refractivity contribution < 1.29 is 19.8 Å². The number of phenols is 1. The van der Waals surface area contributed by atoms with Crippen LogP contribution in [0.15, 0.2) is 18.2 Å². The van der Waals surface area contributed by atoms with Crippen LogP contribution in [0.1, 0.15) is 10.4 Å². The maximum atomic E-state index is 10.9.